The fourth-order valence-corrected chi connectivity index (χ4v) is 8.40. The van der Waals surface area contributed by atoms with Crippen LogP contribution in [0.15, 0.2) is 162 Å². The molecule has 0 fully saturated rings. The summed E-state index contributed by atoms with van der Waals surface area (Å²) in [6.07, 6.45) is 0. The highest BCUT2D eigenvalue weighted by Gasteiger charge is 2.35. The van der Waals surface area contributed by atoms with Gasteiger partial charge in [-0.15, -0.1) is 0 Å². The molecule has 1 heteroatoms. The van der Waals surface area contributed by atoms with Gasteiger partial charge in [0.25, 0.3) is 0 Å². The molecule has 226 valence electrons. The van der Waals surface area contributed by atoms with Gasteiger partial charge in [0, 0.05) is 27.3 Å². The molecule has 1 aliphatic rings. The summed E-state index contributed by atoms with van der Waals surface area (Å²) in [6.45, 7) is 4.68. The SMILES string of the molecule is CC1(C)c2ccccc2-c2cc(-c3c4ccccc4c(-c4ccc(-c5cccc6ccccc56)cc4)c4c3oc3ccccc34)ccc21. The monoisotopic (exact) mass is 612 g/mol. The minimum absolute atomic E-state index is 0.0384. The van der Waals surface area contributed by atoms with E-state index in [0.29, 0.717) is 0 Å². The van der Waals surface area contributed by atoms with Gasteiger partial charge in [0.1, 0.15) is 11.2 Å². The number of hydrogen-bond donors (Lipinski definition) is 0. The van der Waals surface area contributed by atoms with Crippen LogP contribution in [0.3, 0.4) is 0 Å². The largest absolute Gasteiger partial charge is 0.455 e. The lowest BCUT2D eigenvalue weighted by molar-refractivity contribution is 0.660. The molecular weight excluding hydrogens is 581 g/mol. The number of furan rings is 1. The highest BCUT2D eigenvalue weighted by atomic mass is 16.3. The molecule has 0 radical (unpaired) electrons. The molecule has 0 saturated carbocycles. The molecule has 1 nitrogen and oxygen atoms in total. The normalized spacial score (nSPS) is 13.4. The van der Waals surface area contributed by atoms with Gasteiger partial charge in [-0.1, -0.05) is 159 Å². The predicted octanol–water partition coefficient (Wildman–Crippen LogP) is 13.2. The molecule has 0 unspecified atom stereocenters. The molecule has 0 aliphatic heterocycles. The van der Waals surface area contributed by atoms with Crippen LogP contribution in [-0.4, -0.2) is 0 Å². The van der Waals surface area contributed by atoms with Crippen molar-refractivity contribution >= 4 is 43.5 Å². The third kappa shape index (κ3) is 3.79. The van der Waals surface area contributed by atoms with Crippen LogP contribution in [0, 0.1) is 0 Å². The van der Waals surface area contributed by atoms with Crippen molar-refractivity contribution in [3.05, 3.63) is 169 Å². The molecular formula is C47H32O. The first-order valence-electron chi connectivity index (χ1n) is 16.8. The summed E-state index contributed by atoms with van der Waals surface area (Å²) >= 11 is 0. The third-order valence-corrected chi connectivity index (χ3v) is 10.7. The molecule has 1 aliphatic carbocycles. The molecule has 1 heterocycles. The fourth-order valence-electron chi connectivity index (χ4n) is 8.40. The number of benzene rings is 8. The van der Waals surface area contributed by atoms with Crippen molar-refractivity contribution in [2.24, 2.45) is 0 Å². The Hall–Kier alpha value is -5.92. The van der Waals surface area contributed by atoms with Crippen molar-refractivity contribution in [3.8, 4) is 44.5 Å². The Morgan fingerprint density at radius 3 is 1.83 bits per heavy atom. The van der Waals surface area contributed by atoms with Gasteiger partial charge in [0.05, 0.1) is 0 Å². The average Bonchev–Trinajstić information content (AvgIpc) is 3.62. The summed E-state index contributed by atoms with van der Waals surface area (Å²) in [7, 11) is 0. The summed E-state index contributed by atoms with van der Waals surface area (Å²) < 4.78 is 6.88. The number of fused-ring (bicyclic) bond motifs is 8. The lowest BCUT2D eigenvalue weighted by Gasteiger charge is -2.21. The van der Waals surface area contributed by atoms with Crippen molar-refractivity contribution in [3.63, 3.8) is 0 Å². The van der Waals surface area contributed by atoms with Crippen molar-refractivity contribution in [1.82, 2.24) is 0 Å². The topological polar surface area (TPSA) is 13.1 Å². The lowest BCUT2D eigenvalue weighted by atomic mass is 9.82. The second-order valence-corrected chi connectivity index (χ2v) is 13.6. The molecule has 0 atom stereocenters. The molecule has 10 rings (SSSR count). The molecule has 0 saturated heterocycles. The van der Waals surface area contributed by atoms with Crippen LogP contribution in [0.2, 0.25) is 0 Å². The molecule has 1 aromatic heterocycles. The van der Waals surface area contributed by atoms with E-state index in [1.165, 1.54) is 77.0 Å². The quantitative estimate of drug-likeness (QED) is 0.193. The van der Waals surface area contributed by atoms with E-state index in [1.54, 1.807) is 0 Å². The zero-order chi connectivity index (χ0) is 32.0. The number of rotatable bonds is 3. The molecule has 0 amide bonds. The molecule has 0 spiro atoms. The smallest absolute Gasteiger partial charge is 0.144 e. The molecule has 0 bridgehead atoms. The van der Waals surface area contributed by atoms with Crippen molar-refractivity contribution in [1.29, 1.82) is 0 Å². The van der Waals surface area contributed by atoms with Crippen LogP contribution in [-0.2, 0) is 5.41 Å². The van der Waals surface area contributed by atoms with Gasteiger partial charge >= 0.3 is 0 Å². The maximum absolute atomic E-state index is 6.88. The van der Waals surface area contributed by atoms with Crippen LogP contribution in [0.4, 0.5) is 0 Å². The first kappa shape index (κ1) is 27.2. The summed E-state index contributed by atoms with van der Waals surface area (Å²) in [6, 6.07) is 57.5. The fraction of sp³-hybridized carbons (Fsp3) is 0.0638. The van der Waals surface area contributed by atoms with Crippen LogP contribution >= 0.6 is 0 Å². The second kappa shape index (κ2) is 10.0. The molecule has 9 aromatic rings. The molecule has 0 N–H and O–H groups in total. The zero-order valence-corrected chi connectivity index (χ0v) is 26.9. The minimum atomic E-state index is -0.0384. The van der Waals surface area contributed by atoms with E-state index < -0.39 is 0 Å². The van der Waals surface area contributed by atoms with E-state index in [1.807, 2.05) is 0 Å². The first-order chi connectivity index (χ1) is 23.6. The summed E-state index contributed by atoms with van der Waals surface area (Å²) in [5.41, 5.74) is 14.4. The predicted molar refractivity (Wildman–Crippen MR) is 203 cm³/mol. The standard InChI is InChI=1S/C47H32O/c1-47(2)40-20-9-7-15-35(40)39-28-32(26-27-41(39)47)44-37-17-6-5-16-36(37)43(45-38-18-8-10-21-42(38)48-46(44)45)31-24-22-30(23-25-31)34-19-11-13-29-12-3-4-14-33(29)34/h3-28H,1-2H3. The minimum Gasteiger partial charge on any atom is -0.455 e. The van der Waals surface area contributed by atoms with Crippen LogP contribution in [0.1, 0.15) is 25.0 Å². The molecule has 48 heavy (non-hydrogen) atoms. The summed E-state index contributed by atoms with van der Waals surface area (Å²) in [5, 5.41) is 7.25. The lowest BCUT2D eigenvalue weighted by Crippen LogP contribution is -2.14. The van der Waals surface area contributed by atoms with E-state index >= 15 is 0 Å². The number of para-hydroxylation sites is 1. The van der Waals surface area contributed by atoms with E-state index in [9.17, 15) is 0 Å². The van der Waals surface area contributed by atoms with Crippen LogP contribution < -0.4 is 0 Å². The Kier molecular flexibility index (Phi) is 5.69. The third-order valence-electron chi connectivity index (χ3n) is 10.7. The Morgan fingerprint density at radius 2 is 1.00 bits per heavy atom. The summed E-state index contributed by atoms with van der Waals surface area (Å²) in [5.74, 6) is 0. The molecule has 8 aromatic carbocycles. The highest BCUT2D eigenvalue weighted by molar-refractivity contribution is 6.26. The Bertz CT molecular complexity index is 2730. The van der Waals surface area contributed by atoms with E-state index in [2.05, 4.69) is 172 Å². The van der Waals surface area contributed by atoms with Gasteiger partial charge in [0.15, 0.2) is 0 Å². The van der Waals surface area contributed by atoms with Crippen molar-refractivity contribution < 1.29 is 4.42 Å². The Labute approximate surface area is 279 Å². The maximum Gasteiger partial charge on any atom is 0.144 e. The van der Waals surface area contributed by atoms with Gasteiger partial charge in [-0.25, -0.2) is 0 Å². The van der Waals surface area contributed by atoms with Gasteiger partial charge in [-0.3, -0.25) is 0 Å². The van der Waals surface area contributed by atoms with Gasteiger partial charge in [-0.2, -0.15) is 0 Å². The van der Waals surface area contributed by atoms with Gasteiger partial charge < -0.3 is 4.42 Å². The van der Waals surface area contributed by atoms with E-state index in [4.69, 9.17) is 4.42 Å². The zero-order valence-electron chi connectivity index (χ0n) is 26.9. The highest BCUT2D eigenvalue weighted by Crippen LogP contribution is 2.52. The van der Waals surface area contributed by atoms with Gasteiger partial charge in [0.2, 0.25) is 0 Å². The average molecular weight is 613 g/mol. The van der Waals surface area contributed by atoms with E-state index in [-0.39, 0.29) is 5.41 Å². The summed E-state index contributed by atoms with van der Waals surface area (Å²) in [4.78, 5) is 0. The van der Waals surface area contributed by atoms with E-state index in [0.717, 1.165) is 22.1 Å². The van der Waals surface area contributed by atoms with Crippen LogP contribution in [0.25, 0.3) is 88.0 Å². The second-order valence-electron chi connectivity index (χ2n) is 13.6. The van der Waals surface area contributed by atoms with Crippen molar-refractivity contribution in [2.75, 3.05) is 0 Å². The van der Waals surface area contributed by atoms with Gasteiger partial charge in [-0.05, 0) is 78.2 Å². The first-order valence-corrected chi connectivity index (χ1v) is 16.8. The Balaban J connectivity index is 1.24. The number of hydrogen-bond acceptors (Lipinski definition) is 1. The van der Waals surface area contributed by atoms with Crippen molar-refractivity contribution in [2.45, 2.75) is 19.3 Å². The Morgan fingerprint density at radius 1 is 0.417 bits per heavy atom. The van der Waals surface area contributed by atoms with Crippen LogP contribution in [0.5, 0.6) is 0 Å². The maximum atomic E-state index is 6.88.